The first kappa shape index (κ1) is 21.3. The minimum atomic E-state index is -0.952. The number of aromatic carboxylic acids is 1. The summed E-state index contributed by atoms with van der Waals surface area (Å²) < 4.78 is 1.98. The molecule has 1 aliphatic heterocycles. The van der Waals surface area contributed by atoms with Crippen LogP contribution in [0.2, 0.25) is 0 Å². The van der Waals surface area contributed by atoms with Gasteiger partial charge in [-0.3, -0.25) is 4.79 Å². The molecule has 0 saturated carbocycles. The molecular formula is C24H27N3O3S. The van der Waals surface area contributed by atoms with Gasteiger partial charge >= 0.3 is 5.97 Å². The number of Topliss-reactive ketones (excluding diaryl/α,β-unsaturated/α-hetero) is 1. The molecule has 0 unspecified atom stereocenters. The number of aryl methyl sites for hydroxylation is 2. The van der Waals surface area contributed by atoms with Crippen LogP contribution in [0.4, 0.5) is 5.13 Å². The van der Waals surface area contributed by atoms with Gasteiger partial charge in [0.2, 0.25) is 0 Å². The Balaban J connectivity index is 1.49. The maximum absolute atomic E-state index is 13.1. The van der Waals surface area contributed by atoms with Crippen LogP contribution in [0.3, 0.4) is 0 Å². The predicted molar refractivity (Wildman–Crippen MR) is 123 cm³/mol. The molecule has 6 nitrogen and oxygen atoms in total. The highest BCUT2D eigenvalue weighted by Gasteiger charge is 2.18. The van der Waals surface area contributed by atoms with Gasteiger partial charge in [-0.05, 0) is 61.9 Å². The first-order valence-corrected chi connectivity index (χ1v) is 11.5. The molecule has 0 spiro atoms. The van der Waals surface area contributed by atoms with Gasteiger partial charge in [-0.1, -0.05) is 12.1 Å². The Kier molecular flexibility index (Phi) is 6.23. The van der Waals surface area contributed by atoms with Gasteiger partial charge in [-0.2, -0.15) is 0 Å². The molecule has 0 aliphatic carbocycles. The second-order valence-electron chi connectivity index (χ2n) is 8.25. The predicted octanol–water partition coefficient (Wildman–Crippen LogP) is 4.72. The standard InChI is InChI=1S/C24H27N3O3S/c1-16-10-21(22(28)12-18-6-7-20(23(29)30)17(2)11-18)27(13-16)14-19-15-31-24(25-19)26-8-4-3-5-9-26/h6-7,10-11,13,15H,3-5,8-9,12,14H2,1-2H3,(H,29,30). The number of carboxylic acids is 1. The Morgan fingerprint density at radius 3 is 2.61 bits per heavy atom. The number of piperidine rings is 1. The van der Waals surface area contributed by atoms with Crippen LogP contribution in [0, 0.1) is 13.8 Å². The van der Waals surface area contributed by atoms with Crippen molar-refractivity contribution >= 4 is 28.2 Å². The van der Waals surface area contributed by atoms with E-state index in [-0.39, 0.29) is 17.8 Å². The molecule has 1 aliphatic rings. The molecule has 162 valence electrons. The summed E-state index contributed by atoms with van der Waals surface area (Å²) in [6.45, 7) is 6.45. The largest absolute Gasteiger partial charge is 0.478 e. The number of hydrogen-bond donors (Lipinski definition) is 1. The van der Waals surface area contributed by atoms with E-state index in [9.17, 15) is 14.7 Å². The molecule has 1 fully saturated rings. The molecule has 0 radical (unpaired) electrons. The Bertz CT molecular complexity index is 1110. The summed E-state index contributed by atoms with van der Waals surface area (Å²) in [5, 5.41) is 12.4. The normalized spacial score (nSPS) is 14.1. The van der Waals surface area contributed by atoms with E-state index in [1.165, 1.54) is 19.3 Å². The molecular weight excluding hydrogens is 410 g/mol. The summed E-state index contributed by atoms with van der Waals surface area (Å²) in [5.74, 6) is -0.936. The zero-order valence-corrected chi connectivity index (χ0v) is 18.7. The summed E-state index contributed by atoms with van der Waals surface area (Å²) in [5.41, 5.74) is 4.41. The molecule has 2 aromatic heterocycles. The van der Waals surface area contributed by atoms with Crippen molar-refractivity contribution in [3.63, 3.8) is 0 Å². The van der Waals surface area contributed by atoms with E-state index in [4.69, 9.17) is 4.98 Å². The average molecular weight is 438 g/mol. The fourth-order valence-electron chi connectivity index (χ4n) is 4.15. The molecule has 7 heteroatoms. The number of ketones is 1. The lowest BCUT2D eigenvalue weighted by Crippen LogP contribution is -2.29. The van der Waals surface area contributed by atoms with Crippen LogP contribution in [-0.2, 0) is 13.0 Å². The third-order valence-corrected chi connectivity index (χ3v) is 6.65. The van der Waals surface area contributed by atoms with Gasteiger partial charge < -0.3 is 14.6 Å². The first-order chi connectivity index (χ1) is 14.9. The lowest BCUT2D eigenvalue weighted by molar-refractivity contribution is 0.0696. The highest BCUT2D eigenvalue weighted by molar-refractivity contribution is 7.13. The highest BCUT2D eigenvalue weighted by Crippen LogP contribution is 2.25. The third-order valence-electron chi connectivity index (χ3n) is 5.70. The number of benzene rings is 1. The minimum Gasteiger partial charge on any atom is -0.478 e. The smallest absolute Gasteiger partial charge is 0.335 e. The summed E-state index contributed by atoms with van der Waals surface area (Å²) in [7, 11) is 0. The van der Waals surface area contributed by atoms with Gasteiger partial charge in [0.05, 0.1) is 23.5 Å². The van der Waals surface area contributed by atoms with E-state index < -0.39 is 5.97 Å². The number of hydrogen-bond acceptors (Lipinski definition) is 5. The molecule has 31 heavy (non-hydrogen) atoms. The summed E-state index contributed by atoms with van der Waals surface area (Å²) >= 11 is 1.67. The summed E-state index contributed by atoms with van der Waals surface area (Å²) in [4.78, 5) is 31.5. The second-order valence-corrected chi connectivity index (χ2v) is 9.09. The number of carbonyl (C=O) groups is 2. The van der Waals surface area contributed by atoms with E-state index in [0.29, 0.717) is 17.8 Å². The number of anilines is 1. The molecule has 3 aromatic rings. The maximum Gasteiger partial charge on any atom is 0.335 e. The molecule has 0 bridgehead atoms. The number of carbonyl (C=O) groups excluding carboxylic acids is 1. The fourth-order valence-corrected chi connectivity index (χ4v) is 5.02. The van der Waals surface area contributed by atoms with E-state index in [0.717, 1.165) is 35.0 Å². The Morgan fingerprint density at radius 1 is 1.13 bits per heavy atom. The number of nitrogens with zero attached hydrogens (tertiary/aromatic N) is 3. The van der Waals surface area contributed by atoms with Crippen LogP contribution in [-0.4, -0.2) is 39.5 Å². The number of thiazole rings is 1. The zero-order chi connectivity index (χ0) is 22.0. The van der Waals surface area contributed by atoms with Crippen molar-refractivity contribution in [3.05, 3.63) is 69.5 Å². The van der Waals surface area contributed by atoms with Gasteiger partial charge in [-0.25, -0.2) is 9.78 Å². The fraction of sp³-hybridized carbons (Fsp3) is 0.375. The molecule has 1 saturated heterocycles. The van der Waals surface area contributed by atoms with E-state index >= 15 is 0 Å². The van der Waals surface area contributed by atoms with Crippen LogP contribution in [0.15, 0.2) is 35.8 Å². The number of carboxylic acid groups (broad SMARTS) is 1. The van der Waals surface area contributed by atoms with Crippen molar-refractivity contribution in [3.8, 4) is 0 Å². The van der Waals surface area contributed by atoms with Gasteiger partial charge in [-0.15, -0.1) is 11.3 Å². The third kappa shape index (κ3) is 4.88. The summed E-state index contributed by atoms with van der Waals surface area (Å²) in [6, 6.07) is 6.99. The van der Waals surface area contributed by atoms with E-state index in [2.05, 4.69) is 10.3 Å². The number of rotatable bonds is 7. The molecule has 0 atom stereocenters. The van der Waals surface area contributed by atoms with Crippen molar-refractivity contribution in [2.75, 3.05) is 18.0 Å². The Labute approximate surface area is 186 Å². The quantitative estimate of drug-likeness (QED) is 0.541. The maximum atomic E-state index is 13.1. The zero-order valence-electron chi connectivity index (χ0n) is 17.9. The second kappa shape index (κ2) is 9.06. The van der Waals surface area contributed by atoms with Gasteiger partial charge in [0, 0.05) is 31.1 Å². The monoisotopic (exact) mass is 437 g/mol. The molecule has 4 rings (SSSR count). The van der Waals surface area contributed by atoms with Gasteiger partial charge in [0.1, 0.15) is 0 Å². The van der Waals surface area contributed by atoms with Crippen molar-refractivity contribution in [2.45, 2.75) is 46.1 Å². The SMILES string of the molecule is Cc1cc(C(=O)Cc2ccc(C(=O)O)c(C)c2)n(Cc2csc(N3CCCCC3)n2)c1. The van der Waals surface area contributed by atoms with Crippen molar-refractivity contribution in [2.24, 2.45) is 0 Å². The van der Waals surface area contributed by atoms with Crippen LogP contribution in [0.5, 0.6) is 0 Å². The van der Waals surface area contributed by atoms with Crippen LogP contribution < -0.4 is 4.90 Å². The summed E-state index contributed by atoms with van der Waals surface area (Å²) in [6.07, 6.45) is 5.96. The molecule has 1 aromatic carbocycles. The van der Waals surface area contributed by atoms with Crippen molar-refractivity contribution in [1.29, 1.82) is 0 Å². The molecule has 0 amide bonds. The van der Waals surface area contributed by atoms with Crippen LogP contribution in [0.25, 0.3) is 0 Å². The molecule has 3 heterocycles. The average Bonchev–Trinajstić information content (AvgIpc) is 3.35. The Morgan fingerprint density at radius 2 is 1.90 bits per heavy atom. The Hall–Kier alpha value is -2.93. The van der Waals surface area contributed by atoms with Gasteiger partial charge in [0.25, 0.3) is 0 Å². The number of aromatic nitrogens is 2. The van der Waals surface area contributed by atoms with Crippen molar-refractivity contribution in [1.82, 2.24) is 9.55 Å². The van der Waals surface area contributed by atoms with E-state index in [1.807, 2.05) is 23.8 Å². The van der Waals surface area contributed by atoms with Crippen LogP contribution in [0.1, 0.15) is 62.5 Å². The molecule has 1 N–H and O–H groups in total. The lowest BCUT2D eigenvalue weighted by Gasteiger charge is -2.25. The van der Waals surface area contributed by atoms with Gasteiger partial charge in [0.15, 0.2) is 10.9 Å². The minimum absolute atomic E-state index is 0.0158. The lowest BCUT2D eigenvalue weighted by atomic mass is 10.0. The topological polar surface area (TPSA) is 75.4 Å². The van der Waals surface area contributed by atoms with Crippen molar-refractivity contribution < 1.29 is 14.7 Å². The highest BCUT2D eigenvalue weighted by atomic mass is 32.1. The first-order valence-electron chi connectivity index (χ1n) is 10.6. The van der Waals surface area contributed by atoms with Crippen LogP contribution >= 0.6 is 11.3 Å². The van der Waals surface area contributed by atoms with E-state index in [1.54, 1.807) is 36.5 Å².